The van der Waals surface area contributed by atoms with Gasteiger partial charge in [-0.3, -0.25) is 0 Å². The van der Waals surface area contributed by atoms with Gasteiger partial charge in [-0.2, -0.15) is 4.31 Å². The SMILES string of the molecule is Cc1ccc(N)cc1S(=O)(=O)N1CCC(C)(O)CC1. The summed E-state index contributed by atoms with van der Waals surface area (Å²) >= 11 is 0. The van der Waals surface area contributed by atoms with Gasteiger partial charge in [-0.05, 0) is 44.4 Å². The zero-order chi connectivity index (χ0) is 14.3. The molecule has 1 aliphatic rings. The number of hydrogen-bond donors (Lipinski definition) is 2. The Kier molecular flexibility index (Phi) is 3.59. The number of aliphatic hydroxyl groups is 1. The van der Waals surface area contributed by atoms with Gasteiger partial charge in [0, 0.05) is 18.8 Å². The summed E-state index contributed by atoms with van der Waals surface area (Å²) in [4.78, 5) is 0.258. The van der Waals surface area contributed by atoms with Crippen molar-refractivity contribution in [2.45, 2.75) is 37.2 Å². The molecule has 0 amide bonds. The topological polar surface area (TPSA) is 83.6 Å². The molecule has 2 rings (SSSR count). The number of benzene rings is 1. The third-order valence-electron chi connectivity index (χ3n) is 3.63. The highest BCUT2D eigenvalue weighted by molar-refractivity contribution is 7.89. The molecule has 19 heavy (non-hydrogen) atoms. The lowest BCUT2D eigenvalue weighted by atomic mass is 9.95. The van der Waals surface area contributed by atoms with Gasteiger partial charge in [0.1, 0.15) is 0 Å². The van der Waals surface area contributed by atoms with E-state index in [2.05, 4.69) is 0 Å². The Morgan fingerprint density at radius 1 is 1.32 bits per heavy atom. The zero-order valence-electron chi connectivity index (χ0n) is 11.3. The van der Waals surface area contributed by atoms with Crippen molar-refractivity contribution in [3.8, 4) is 0 Å². The molecule has 0 aliphatic carbocycles. The first kappa shape index (κ1) is 14.3. The molecule has 0 saturated carbocycles. The van der Waals surface area contributed by atoms with Crippen LogP contribution in [0.4, 0.5) is 5.69 Å². The molecule has 0 atom stereocenters. The highest BCUT2D eigenvalue weighted by Crippen LogP contribution is 2.28. The maximum Gasteiger partial charge on any atom is 0.243 e. The van der Waals surface area contributed by atoms with Crippen LogP contribution in [-0.4, -0.2) is 36.5 Å². The van der Waals surface area contributed by atoms with Crippen LogP contribution in [0.25, 0.3) is 0 Å². The Labute approximate surface area is 114 Å². The van der Waals surface area contributed by atoms with Crippen LogP contribution >= 0.6 is 0 Å². The average molecular weight is 284 g/mol. The van der Waals surface area contributed by atoms with Crippen LogP contribution in [0.5, 0.6) is 0 Å². The Morgan fingerprint density at radius 3 is 2.47 bits per heavy atom. The number of aryl methyl sites for hydroxylation is 1. The number of hydrogen-bond acceptors (Lipinski definition) is 4. The van der Waals surface area contributed by atoms with E-state index in [1.54, 1.807) is 26.0 Å². The summed E-state index contributed by atoms with van der Waals surface area (Å²) in [7, 11) is -3.52. The monoisotopic (exact) mass is 284 g/mol. The minimum atomic E-state index is -3.52. The van der Waals surface area contributed by atoms with Crippen molar-refractivity contribution < 1.29 is 13.5 Å². The first-order valence-electron chi connectivity index (χ1n) is 6.31. The molecule has 0 radical (unpaired) electrons. The summed E-state index contributed by atoms with van der Waals surface area (Å²) in [5.41, 5.74) is 6.03. The van der Waals surface area contributed by atoms with E-state index in [1.165, 1.54) is 10.4 Å². The van der Waals surface area contributed by atoms with Gasteiger partial charge in [-0.15, -0.1) is 0 Å². The Morgan fingerprint density at radius 2 is 1.89 bits per heavy atom. The Hall–Kier alpha value is -1.11. The second-order valence-corrected chi connectivity index (χ2v) is 7.33. The number of anilines is 1. The van der Waals surface area contributed by atoms with Gasteiger partial charge in [0.25, 0.3) is 0 Å². The largest absolute Gasteiger partial charge is 0.399 e. The molecule has 1 aromatic rings. The Balaban J connectivity index is 2.31. The maximum absolute atomic E-state index is 12.6. The van der Waals surface area contributed by atoms with Gasteiger partial charge in [-0.1, -0.05) is 6.07 Å². The summed E-state index contributed by atoms with van der Waals surface area (Å²) in [5, 5.41) is 9.89. The van der Waals surface area contributed by atoms with Crippen LogP contribution in [0.2, 0.25) is 0 Å². The second-order valence-electron chi connectivity index (χ2n) is 5.43. The highest BCUT2D eigenvalue weighted by Gasteiger charge is 2.34. The molecule has 6 heteroatoms. The van der Waals surface area contributed by atoms with Crippen LogP contribution < -0.4 is 5.73 Å². The summed E-state index contributed by atoms with van der Waals surface area (Å²) < 4.78 is 26.5. The van der Waals surface area contributed by atoms with Crippen molar-refractivity contribution in [1.82, 2.24) is 4.31 Å². The Bertz CT molecular complexity index is 572. The van der Waals surface area contributed by atoms with E-state index in [0.29, 0.717) is 37.2 Å². The van der Waals surface area contributed by atoms with Crippen LogP contribution in [-0.2, 0) is 10.0 Å². The minimum Gasteiger partial charge on any atom is -0.399 e. The van der Waals surface area contributed by atoms with Gasteiger partial charge in [0.2, 0.25) is 10.0 Å². The first-order chi connectivity index (χ1) is 8.72. The summed E-state index contributed by atoms with van der Waals surface area (Å²) in [6.07, 6.45) is 0.904. The molecule has 106 valence electrons. The van der Waals surface area contributed by atoms with Gasteiger partial charge < -0.3 is 10.8 Å². The van der Waals surface area contributed by atoms with Gasteiger partial charge in [-0.25, -0.2) is 8.42 Å². The van der Waals surface area contributed by atoms with Crippen LogP contribution in [0, 0.1) is 6.92 Å². The van der Waals surface area contributed by atoms with Crippen molar-refractivity contribution in [2.24, 2.45) is 0 Å². The minimum absolute atomic E-state index is 0.258. The highest BCUT2D eigenvalue weighted by atomic mass is 32.2. The number of nitrogen functional groups attached to an aromatic ring is 1. The quantitative estimate of drug-likeness (QED) is 0.797. The lowest BCUT2D eigenvalue weighted by Crippen LogP contribution is -2.45. The fourth-order valence-electron chi connectivity index (χ4n) is 2.24. The maximum atomic E-state index is 12.6. The van der Waals surface area contributed by atoms with Gasteiger partial charge in [0.15, 0.2) is 0 Å². The summed E-state index contributed by atoms with van der Waals surface area (Å²) in [6.45, 7) is 4.17. The van der Waals surface area contributed by atoms with Crippen molar-refractivity contribution in [1.29, 1.82) is 0 Å². The number of sulfonamides is 1. The van der Waals surface area contributed by atoms with Gasteiger partial charge >= 0.3 is 0 Å². The molecular weight excluding hydrogens is 264 g/mol. The van der Waals surface area contributed by atoms with Crippen molar-refractivity contribution in [2.75, 3.05) is 18.8 Å². The molecule has 1 fully saturated rings. The molecule has 0 spiro atoms. The molecule has 1 aliphatic heterocycles. The fourth-order valence-corrected chi connectivity index (χ4v) is 3.94. The molecule has 1 aromatic carbocycles. The lowest BCUT2D eigenvalue weighted by Gasteiger charge is -2.35. The van der Waals surface area contributed by atoms with Crippen molar-refractivity contribution >= 4 is 15.7 Å². The lowest BCUT2D eigenvalue weighted by molar-refractivity contribution is 0.0126. The number of rotatable bonds is 2. The van der Waals surface area contributed by atoms with Crippen molar-refractivity contribution in [3.63, 3.8) is 0 Å². The molecule has 5 nitrogen and oxygen atoms in total. The van der Waals surface area contributed by atoms with E-state index in [0.717, 1.165) is 0 Å². The second kappa shape index (κ2) is 4.77. The smallest absolute Gasteiger partial charge is 0.243 e. The molecule has 3 N–H and O–H groups in total. The van der Waals surface area contributed by atoms with E-state index in [4.69, 9.17) is 5.73 Å². The predicted octanol–water partition coefficient (Wildman–Crippen LogP) is 1.11. The van der Waals surface area contributed by atoms with Crippen LogP contribution in [0.3, 0.4) is 0 Å². The van der Waals surface area contributed by atoms with E-state index in [9.17, 15) is 13.5 Å². The number of nitrogens with two attached hydrogens (primary N) is 1. The molecule has 0 bridgehead atoms. The molecular formula is C13H20N2O3S. The van der Waals surface area contributed by atoms with Crippen LogP contribution in [0.15, 0.2) is 23.1 Å². The standard InChI is InChI=1S/C13H20N2O3S/c1-10-3-4-11(14)9-12(10)19(17,18)15-7-5-13(2,16)6-8-15/h3-4,9,16H,5-8,14H2,1-2H3. The molecule has 1 heterocycles. The summed E-state index contributed by atoms with van der Waals surface area (Å²) in [5.74, 6) is 0. The average Bonchev–Trinajstić information content (AvgIpc) is 2.31. The third kappa shape index (κ3) is 2.91. The fraction of sp³-hybridized carbons (Fsp3) is 0.538. The van der Waals surface area contributed by atoms with E-state index in [-0.39, 0.29) is 4.90 Å². The molecule has 0 aromatic heterocycles. The zero-order valence-corrected chi connectivity index (χ0v) is 12.1. The first-order valence-corrected chi connectivity index (χ1v) is 7.75. The number of piperidine rings is 1. The van der Waals surface area contributed by atoms with Crippen molar-refractivity contribution in [3.05, 3.63) is 23.8 Å². The number of nitrogens with zero attached hydrogens (tertiary/aromatic N) is 1. The van der Waals surface area contributed by atoms with E-state index < -0.39 is 15.6 Å². The van der Waals surface area contributed by atoms with Gasteiger partial charge in [0.05, 0.1) is 10.5 Å². The normalized spacial score (nSPS) is 20.4. The van der Waals surface area contributed by atoms with E-state index in [1.807, 2.05) is 0 Å². The molecule has 1 saturated heterocycles. The molecule has 0 unspecified atom stereocenters. The summed E-state index contributed by atoms with van der Waals surface area (Å²) in [6, 6.07) is 4.90. The predicted molar refractivity (Wildman–Crippen MR) is 74.2 cm³/mol. The van der Waals surface area contributed by atoms with E-state index >= 15 is 0 Å². The third-order valence-corrected chi connectivity index (χ3v) is 5.67. The van der Waals surface area contributed by atoms with Crippen LogP contribution in [0.1, 0.15) is 25.3 Å².